The number of rotatable bonds is 6. The van der Waals surface area contributed by atoms with Crippen molar-refractivity contribution in [2.24, 2.45) is 11.8 Å². The number of hydrogen-bond donors (Lipinski definition) is 1. The molecule has 7 heteroatoms. The number of amides is 1. The number of ether oxygens (including phenoxy) is 2. The number of carbonyl (C=O) groups excluding carboxylic acids is 2. The predicted molar refractivity (Wildman–Crippen MR) is 132 cm³/mol. The number of aromatic nitrogens is 2. The van der Waals surface area contributed by atoms with Crippen LogP contribution in [0.5, 0.6) is 5.75 Å². The Morgan fingerprint density at radius 2 is 1.89 bits per heavy atom. The number of nitrogens with zero attached hydrogens (tertiary/aromatic N) is 2. The number of hydrogen-bond acceptors (Lipinski definition) is 5. The minimum absolute atomic E-state index is 0.268. The number of benzene rings is 1. The summed E-state index contributed by atoms with van der Waals surface area (Å²) >= 11 is 0. The minimum Gasteiger partial charge on any atom is -0.489 e. The molecule has 1 saturated carbocycles. The van der Waals surface area contributed by atoms with E-state index in [1.807, 2.05) is 43.5 Å². The Kier molecular flexibility index (Phi) is 6.75. The summed E-state index contributed by atoms with van der Waals surface area (Å²) in [6, 6.07) is 11.3. The second-order valence-electron chi connectivity index (χ2n) is 9.75. The van der Waals surface area contributed by atoms with E-state index in [0.29, 0.717) is 41.7 Å². The largest absolute Gasteiger partial charge is 0.489 e. The summed E-state index contributed by atoms with van der Waals surface area (Å²) in [5.74, 6) is 0.251. The molecule has 2 heterocycles. The molecule has 2 aliphatic rings. The van der Waals surface area contributed by atoms with Gasteiger partial charge in [0.05, 0.1) is 31.4 Å². The molecule has 2 aliphatic carbocycles. The lowest BCUT2D eigenvalue weighted by Gasteiger charge is -2.32. The third-order valence-corrected chi connectivity index (χ3v) is 7.51. The van der Waals surface area contributed by atoms with Crippen molar-refractivity contribution in [2.75, 3.05) is 13.7 Å². The highest BCUT2D eigenvalue weighted by molar-refractivity contribution is 5.95. The molecule has 0 unspecified atom stereocenters. The summed E-state index contributed by atoms with van der Waals surface area (Å²) in [6.07, 6.45) is 9.49. The van der Waals surface area contributed by atoms with Crippen molar-refractivity contribution < 1.29 is 19.1 Å². The van der Waals surface area contributed by atoms with E-state index in [-0.39, 0.29) is 11.9 Å². The van der Waals surface area contributed by atoms with Gasteiger partial charge < -0.3 is 14.8 Å². The Morgan fingerprint density at radius 1 is 1.09 bits per heavy atom. The Labute approximate surface area is 205 Å². The maximum atomic E-state index is 13.6. The van der Waals surface area contributed by atoms with Gasteiger partial charge in [0.25, 0.3) is 5.91 Å². The summed E-state index contributed by atoms with van der Waals surface area (Å²) in [6.45, 7) is 2.51. The molecule has 1 N–H and O–H groups in total. The first-order chi connectivity index (χ1) is 17.1. The average molecular weight is 476 g/mol. The molecule has 2 aromatic heterocycles. The number of nitrogens with one attached hydrogen (secondary N) is 1. The molecule has 2 atom stereocenters. The minimum atomic E-state index is -0.462. The molecular weight excluding hydrogens is 442 g/mol. The molecule has 0 bridgehead atoms. The van der Waals surface area contributed by atoms with Gasteiger partial charge in [0.1, 0.15) is 5.69 Å². The standard InChI is InChI=1S/C28H33N3O4/c1-18-25(31-16-8-13-23(26(31)29-18)35-17-19-9-4-3-5-10-19)27(32)30-24-21-12-7-6-11-20(21)14-15-22(24)28(33)34-2/h6-8,11-13,16,19,22,24H,3-5,9-10,14-15,17H2,1-2H3,(H,30,32)/t22-,24-/m0/s1. The van der Waals surface area contributed by atoms with E-state index < -0.39 is 12.0 Å². The number of esters is 1. The SMILES string of the molecule is COC(=O)[C@H]1CCc2ccccc2[C@@H]1NC(=O)c1c(C)nc2c(OCC3CCCCC3)cccn12. The fourth-order valence-corrected chi connectivity index (χ4v) is 5.66. The summed E-state index contributed by atoms with van der Waals surface area (Å²) in [5.41, 5.74) is 3.82. The molecule has 0 saturated heterocycles. The topological polar surface area (TPSA) is 81.9 Å². The second kappa shape index (κ2) is 10.1. The van der Waals surface area contributed by atoms with E-state index in [4.69, 9.17) is 14.5 Å². The van der Waals surface area contributed by atoms with E-state index in [9.17, 15) is 9.59 Å². The molecule has 1 fully saturated rings. The first kappa shape index (κ1) is 23.4. The lowest BCUT2D eigenvalue weighted by atomic mass is 9.79. The maximum absolute atomic E-state index is 13.6. The van der Waals surface area contributed by atoms with Crippen molar-refractivity contribution in [3.05, 3.63) is 65.1 Å². The van der Waals surface area contributed by atoms with Crippen molar-refractivity contribution in [3.8, 4) is 5.75 Å². The highest BCUT2D eigenvalue weighted by Gasteiger charge is 2.37. The molecule has 7 nitrogen and oxygen atoms in total. The molecule has 35 heavy (non-hydrogen) atoms. The molecule has 0 radical (unpaired) electrons. The molecule has 184 valence electrons. The average Bonchev–Trinajstić information content (AvgIpc) is 3.24. The van der Waals surface area contributed by atoms with Crippen molar-refractivity contribution in [3.63, 3.8) is 0 Å². The molecule has 1 amide bonds. The van der Waals surface area contributed by atoms with Crippen molar-refractivity contribution in [2.45, 2.75) is 57.9 Å². The van der Waals surface area contributed by atoms with Crippen LogP contribution in [0.2, 0.25) is 0 Å². The molecule has 0 aliphatic heterocycles. The lowest BCUT2D eigenvalue weighted by molar-refractivity contribution is -0.147. The van der Waals surface area contributed by atoms with Gasteiger partial charge in [0, 0.05) is 6.20 Å². The number of aryl methyl sites for hydroxylation is 2. The predicted octanol–water partition coefficient (Wildman–Crippen LogP) is 4.81. The van der Waals surface area contributed by atoms with Crippen LogP contribution >= 0.6 is 0 Å². The zero-order valence-electron chi connectivity index (χ0n) is 20.5. The summed E-state index contributed by atoms with van der Waals surface area (Å²) in [7, 11) is 1.39. The van der Waals surface area contributed by atoms with Crippen LogP contribution in [-0.4, -0.2) is 35.0 Å². The van der Waals surface area contributed by atoms with Gasteiger partial charge in [0.2, 0.25) is 0 Å². The number of methoxy groups -OCH3 is 1. The smallest absolute Gasteiger partial charge is 0.311 e. The molecule has 5 rings (SSSR count). The number of imidazole rings is 1. The summed E-state index contributed by atoms with van der Waals surface area (Å²) < 4.78 is 13.1. The Hall–Kier alpha value is -3.35. The van der Waals surface area contributed by atoms with Crippen LogP contribution in [0, 0.1) is 18.8 Å². The van der Waals surface area contributed by atoms with Crippen molar-refractivity contribution >= 4 is 17.5 Å². The van der Waals surface area contributed by atoms with Crippen LogP contribution in [0.3, 0.4) is 0 Å². The summed E-state index contributed by atoms with van der Waals surface area (Å²) in [4.78, 5) is 30.9. The molecular formula is C28H33N3O4. The van der Waals surface area contributed by atoms with Gasteiger partial charge in [-0.2, -0.15) is 0 Å². The fraction of sp³-hybridized carbons (Fsp3) is 0.464. The van der Waals surface area contributed by atoms with E-state index in [2.05, 4.69) is 11.4 Å². The zero-order chi connectivity index (χ0) is 24.4. The maximum Gasteiger partial charge on any atom is 0.311 e. The fourth-order valence-electron chi connectivity index (χ4n) is 5.66. The van der Waals surface area contributed by atoms with Crippen LogP contribution in [0.4, 0.5) is 0 Å². The highest BCUT2D eigenvalue weighted by atomic mass is 16.5. The van der Waals surface area contributed by atoms with Gasteiger partial charge in [-0.25, -0.2) is 4.98 Å². The van der Waals surface area contributed by atoms with Crippen molar-refractivity contribution in [1.29, 1.82) is 0 Å². The van der Waals surface area contributed by atoms with E-state index in [1.54, 1.807) is 4.40 Å². The summed E-state index contributed by atoms with van der Waals surface area (Å²) in [5, 5.41) is 3.14. The lowest BCUT2D eigenvalue weighted by Crippen LogP contribution is -2.40. The van der Waals surface area contributed by atoms with Gasteiger partial charge in [0.15, 0.2) is 11.4 Å². The van der Waals surface area contributed by atoms with E-state index in [0.717, 1.165) is 17.5 Å². The van der Waals surface area contributed by atoms with E-state index in [1.165, 1.54) is 39.2 Å². The van der Waals surface area contributed by atoms with Crippen LogP contribution in [0.25, 0.3) is 5.65 Å². The van der Waals surface area contributed by atoms with Gasteiger partial charge >= 0.3 is 5.97 Å². The molecule has 1 aromatic carbocycles. The Morgan fingerprint density at radius 3 is 2.69 bits per heavy atom. The number of fused-ring (bicyclic) bond motifs is 2. The Balaban J connectivity index is 1.42. The number of pyridine rings is 1. The van der Waals surface area contributed by atoms with Crippen molar-refractivity contribution in [1.82, 2.24) is 14.7 Å². The normalized spacial score (nSPS) is 20.3. The van der Waals surface area contributed by atoms with Gasteiger partial charge in [-0.3, -0.25) is 14.0 Å². The van der Waals surface area contributed by atoms with Crippen LogP contribution in [0.15, 0.2) is 42.6 Å². The zero-order valence-corrected chi connectivity index (χ0v) is 20.5. The number of carbonyl (C=O) groups is 2. The highest BCUT2D eigenvalue weighted by Crippen LogP contribution is 2.36. The Bertz CT molecular complexity index is 1230. The second-order valence-corrected chi connectivity index (χ2v) is 9.75. The monoisotopic (exact) mass is 475 g/mol. The van der Waals surface area contributed by atoms with Gasteiger partial charge in [-0.05, 0) is 61.8 Å². The molecule has 0 spiro atoms. The van der Waals surface area contributed by atoms with Crippen LogP contribution < -0.4 is 10.1 Å². The van der Waals surface area contributed by atoms with Gasteiger partial charge in [-0.1, -0.05) is 43.5 Å². The van der Waals surface area contributed by atoms with E-state index >= 15 is 0 Å². The molecule has 3 aromatic rings. The first-order valence-corrected chi connectivity index (χ1v) is 12.6. The quantitative estimate of drug-likeness (QED) is 0.518. The third kappa shape index (κ3) is 4.64. The van der Waals surface area contributed by atoms with Gasteiger partial charge in [-0.15, -0.1) is 0 Å². The first-order valence-electron chi connectivity index (χ1n) is 12.6. The van der Waals surface area contributed by atoms with Crippen LogP contribution in [0.1, 0.15) is 71.9 Å². The third-order valence-electron chi connectivity index (χ3n) is 7.51. The van der Waals surface area contributed by atoms with Crippen LogP contribution in [-0.2, 0) is 16.0 Å².